The van der Waals surface area contributed by atoms with E-state index in [9.17, 15) is 9.59 Å². The standard InChI is InChI=1S/C14H20N2O3/c1-2-3-4-5-6-10-13(17)16-12-9-7-8-11(15-12)14(18)19/h7-9H,2-6,10H2,1H3,(H,18,19)(H,15,16,17). The first kappa shape index (κ1) is 15.1. The number of unbranched alkanes of at least 4 members (excludes halogenated alkanes) is 4. The lowest BCUT2D eigenvalue weighted by atomic mass is 10.1. The van der Waals surface area contributed by atoms with Gasteiger partial charge >= 0.3 is 5.97 Å². The zero-order valence-electron chi connectivity index (χ0n) is 11.2. The van der Waals surface area contributed by atoms with Crippen LogP contribution in [0, 0.1) is 0 Å². The summed E-state index contributed by atoms with van der Waals surface area (Å²) in [5, 5.41) is 11.4. The van der Waals surface area contributed by atoms with Crippen LogP contribution in [0.5, 0.6) is 0 Å². The number of nitrogens with zero attached hydrogens (tertiary/aromatic N) is 1. The van der Waals surface area contributed by atoms with Gasteiger partial charge < -0.3 is 10.4 Å². The second kappa shape index (κ2) is 8.24. The van der Waals surface area contributed by atoms with E-state index in [-0.39, 0.29) is 11.6 Å². The number of aromatic carboxylic acids is 1. The van der Waals surface area contributed by atoms with Crippen molar-refractivity contribution in [1.82, 2.24) is 4.98 Å². The third-order valence-electron chi connectivity index (χ3n) is 2.74. The van der Waals surface area contributed by atoms with Gasteiger partial charge in [-0.1, -0.05) is 38.7 Å². The number of aromatic nitrogens is 1. The highest BCUT2D eigenvalue weighted by molar-refractivity contribution is 5.91. The molecule has 1 aromatic rings. The molecule has 1 rings (SSSR count). The Morgan fingerprint density at radius 3 is 2.63 bits per heavy atom. The summed E-state index contributed by atoms with van der Waals surface area (Å²) in [6.07, 6.45) is 5.87. The van der Waals surface area contributed by atoms with Crippen LogP contribution in [0.1, 0.15) is 55.9 Å². The molecule has 2 N–H and O–H groups in total. The van der Waals surface area contributed by atoms with E-state index in [0.29, 0.717) is 12.2 Å². The number of rotatable bonds is 8. The number of anilines is 1. The molecule has 0 spiro atoms. The van der Waals surface area contributed by atoms with Crippen LogP contribution in [0.3, 0.4) is 0 Å². The van der Waals surface area contributed by atoms with E-state index >= 15 is 0 Å². The summed E-state index contributed by atoms with van der Waals surface area (Å²) in [7, 11) is 0. The summed E-state index contributed by atoms with van der Waals surface area (Å²) in [6, 6.07) is 4.54. The summed E-state index contributed by atoms with van der Waals surface area (Å²) in [6.45, 7) is 2.15. The fraction of sp³-hybridized carbons (Fsp3) is 0.500. The maximum Gasteiger partial charge on any atom is 0.354 e. The van der Waals surface area contributed by atoms with Crippen LogP contribution in [0.15, 0.2) is 18.2 Å². The van der Waals surface area contributed by atoms with Crippen molar-refractivity contribution in [2.45, 2.75) is 45.4 Å². The summed E-state index contributed by atoms with van der Waals surface area (Å²) >= 11 is 0. The van der Waals surface area contributed by atoms with E-state index in [1.54, 1.807) is 12.1 Å². The molecule has 0 aliphatic rings. The van der Waals surface area contributed by atoms with Gasteiger partial charge in [-0.3, -0.25) is 4.79 Å². The van der Waals surface area contributed by atoms with Crippen LogP contribution < -0.4 is 5.32 Å². The maximum atomic E-state index is 11.6. The molecule has 1 aromatic heterocycles. The second-order valence-corrected chi connectivity index (χ2v) is 4.43. The molecule has 0 aliphatic heterocycles. The smallest absolute Gasteiger partial charge is 0.354 e. The van der Waals surface area contributed by atoms with E-state index in [2.05, 4.69) is 17.2 Å². The first-order chi connectivity index (χ1) is 9.13. The molecule has 0 aliphatic carbocycles. The third kappa shape index (κ3) is 5.99. The number of carboxylic acid groups (broad SMARTS) is 1. The monoisotopic (exact) mass is 264 g/mol. The largest absolute Gasteiger partial charge is 0.477 e. The Labute approximate surface area is 113 Å². The summed E-state index contributed by atoms with van der Waals surface area (Å²) in [5.41, 5.74) is -0.0688. The summed E-state index contributed by atoms with van der Waals surface area (Å²) in [5.74, 6) is -0.930. The minimum absolute atomic E-state index is 0.0688. The van der Waals surface area contributed by atoms with Gasteiger partial charge in [-0.05, 0) is 18.6 Å². The fourth-order valence-electron chi connectivity index (χ4n) is 1.72. The minimum Gasteiger partial charge on any atom is -0.477 e. The van der Waals surface area contributed by atoms with Gasteiger partial charge in [0.25, 0.3) is 0 Å². The van der Waals surface area contributed by atoms with Crippen molar-refractivity contribution in [3.63, 3.8) is 0 Å². The van der Waals surface area contributed by atoms with Crippen LogP contribution in [0.25, 0.3) is 0 Å². The molecule has 0 unspecified atom stereocenters. The van der Waals surface area contributed by atoms with Crippen molar-refractivity contribution in [2.75, 3.05) is 5.32 Å². The number of carbonyl (C=O) groups is 2. The van der Waals surface area contributed by atoms with Crippen LogP contribution in [-0.2, 0) is 4.79 Å². The lowest BCUT2D eigenvalue weighted by molar-refractivity contribution is -0.116. The molecular weight excluding hydrogens is 244 g/mol. The van der Waals surface area contributed by atoms with Gasteiger partial charge in [-0.2, -0.15) is 0 Å². The molecule has 1 amide bonds. The van der Waals surface area contributed by atoms with Crippen LogP contribution in [0.2, 0.25) is 0 Å². The number of nitrogens with one attached hydrogen (secondary N) is 1. The van der Waals surface area contributed by atoms with Gasteiger partial charge in [0.1, 0.15) is 5.82 Å². The molecule has 5 heteroatoms. The molecule has 0 bridgehead atoms. The zero-order chi connectivity index (χ0) is 14.1. The van der Waals surface area contributed by atoms with Crippen molar-refractivity contribution >= 4 is 17.7 Å². The Hall–Kier alpha value is -1.91. The van der Waals surface area contributed by atoms with Gasteiger partial charge in [-0.15, -0.1) is 0 Å². The van der Waals surface area contributed by atoms with E-state index in [0.717, 1.165) is 19.3 Å². The van der Waals surface area contributed by atoms with Crippen LogP contribution in [-0.4, -0.2) is 22.0 Å². The molecule has 0 aromatic carbocycles. The Morgan fingerprint density at radius 1 is 1.21 bits per heavy atom. The van der Waals surface area contributed by atoms with E-state index in [1.165, 1.54) is 18.9 Å². The highest BCUT2D eigenvalue weighted by Crippen LogP contribution is 2.08. The van der Waals surface area contributed by atoms with Crippen molar-refractivity contribution in [3.05, 3.63) is 23.9 Å². The third-order valence-corrected chi connectivity index (χ3v) is 2.74. The normalized spacial score (nSPS) is 10.2. The number of carboxylic acids is 1. The highest BCUT2D eigenvalue weighted by Gasteiger charge is 2.07. The fourth-order valence-corrected chi connectivity index (χ4v) is 1.72. The van der Waals surface area contributed by atoms with Crippen LogP contribution in [0.4, 0.5) is 5.82 Å². The van der Waals surface area contributed by atoms with E-state index in [1.807, 2.05) is 0 Å². The number of hydrogen-bond donors (Lipinski definition) is 2. The van der Waals surface area contributed by atoms with Crippen molar-refractivity contribution in [3.8, 4) is 0 Å². The highest BCUT2D eigenvalue weighted by atomic mass is 16.4. The van der Waals surface area contributed by atoms with Crippen molar-refractivity contribution in [1.29, 1.82) is 0 Å². The predicted molar refractivity (Wildman–Crippen MR) is 73.2 cm³/mol. The number of carbonyl (C=O) groups excluding carboxylic acids is 1. The molecule has 0 fully saturated rings. The lowest BCUT2D eigenvalue weighted by Crippen LogP contribution is -2.13. The molecule has 0 saturated carbocycles. The Kier molecular flexibility index (Phi) is 6.57. The van der Waals surface area contributed by atoms with Crippen molar-refractivity contribution in [2.24, 2.45) is 0 Å². The SMILES string of the molecule is CCCCCCCC(=O)Nc1cccc(C(=O)O)n1. The molecule has 104 valence electrons. The zero-order valence-corrected chi connectivity index (χ0v) is 11.2. The molecule has 0 radical (unpaired) electrons. The quantitative estimate of drug-likeness (QED) is 0.707. The molecule has 1 heterocycles. The average Bonchev–Trinajstić information content (AvgIpc) is 2.38. The minimum atomic E-state index is -1.10. The number of amides is 1. The molecule has 0 atom stereocenters. The Balaban J connectivity index is 2.35. The summed E-state index contributed by atoms with van der Waals surface area (Å²) in [4.78, 5) is 26.2. The van der Waals surface area contributed by atoms with Gasteiger partial charge in [0, 0.05) is 6.42 Å². The van der Waals surface area contributed by atoms with E-state index in [4.69, 9.17) is 5.11 Å². The first-order valence-electron chi connectivity index (χ1n) is 6.63. The van der Waals surface area contributed by atoms with Gasteiger partial charge in [-0.25, -0.2) is 9.78 Å². The predicted octanol–water partition coefficient (Wildman–Crippen LogP) is 3.08. The lowest BCUT2D eigenvalue weighted by Gasteiger charge is -2.05. The van der Waals surface area contributed by atoms with Gasteiger partial charge in [0.2, 0.25) is 5.91 Å². The van der Waals surface area contributed by atoms with Gasteiger partial charge in [0.05, 0.1) is 0 Å². The van der Waals surface area contributed by atoms with Crippen molar-refractivity contribution < 1.29 is 14.7 Å². The topological polar surface area (TPSA) is 79.3 Å². The molecule has 0 saturated heterocycles. The average molecular weight is 264 g/mol. The maximum absolute atomic E-state index is 11.6. The molecular formula is C14H20N2O3. The second-order valence-electron chi connectivity index (χ2n) is 4.43. The first-order valence-corrected chi connectivity index (χ1v) is 6.63. The number of hydrogen-bond acceptors (Lipinski definition) is 3. The Morgan fingerprint density at radius 2 is 1.95 bits per heavy atom. The van der Waals surface area contributed by atoms with Gasteiger partial charge in [0.15, 0.2) is 5.69 Å². The molecule has 19 heavy (non-hydrogen) atoms. The summed E-state index contributed by atoms with van der Waals surface area (Å²) < 4.78 is 0. The van der Waals surface area contributed by atoms with E-state index < -0.39 is 5.97 Å². The molecule has 5 nitrogen and oxygen atoms in total. The Bertz CT molecular complexity index is 432. The van der Waals surface area contributed by atoms with Crippen LogP contribution >= 0.6 is 0 Å². The number of pyridine rings is 1.